The van der Waals surface area contributed by atoms with E-state index in [-0.39, 0.29) is 22.8 Å². The fourth-order valence-electron chi connectivity index (χ4n) is 3.30. The number of sulfone groups is 1. The van der Waals surface area contributed by atoms with Gasteiger partial charge in [0, 0.05) is 12.3 Å². The van der Waals surface area contributed by atoms with E-state index in [4.69, 9.17) is 4.42 Å². The van der Waals surface area contributed by atoms with Gasteiger partial charge in [-0.3, -0.25) is 4.79 Å². The lowest BCUT2D eigenvalue weighted by molar-refractivity contribution is 0.0889. The van der Waals surface area contributed by atoms with Crippen LogP contribution in [0.25, 0.3) is 0 Å². The molecule has 1 amide bonds. The average Bonchev–Trinajstić information content (AvgIpc) is 3.03. The molecule has 0 aliphatic heterocycles. The molecule has 2 aliphatic rings. The van der Waals surface area contributed by atoms with Gasteiger partial charge < -0.3 is 9.73 Å². The Bertz CT molecular complexity index is 604. The van der Waals surface area contributed by atoms with Crippen molar-refractivity contribution in [3.05, 3.63) is 17.9 Å². The highest BCUT2D eigenvalue weighted by Crippen LogP contribution is 2.44. The Morgan fingerprint density at radius 2 is 2.11 bits per heavy atom. The zero-order valence-electron chi connectivity index (χ0n) is 10.8. The van der Waals surface area contributed by atoms with E-state index in [0.717, 1.165) is 18.6 Å². The van der Waals surface area contributed by atoms with E-state index in [0.29, 0.717) is 5.92 Å². The second kappa shape index (κ2) is 4.37. The number of amides is 1. The summed E-state index contributed by atoms with van der Waals surface area (Å²) in [6, 6.07) is 2.96. The van der Waals surface area contributed by atoms with Crippen molar-refractivity contribution >= 4 is 15.7 Å². The Labute approximate surface area is 112 Å². The maximum Gasteiger partial charge on any atom is 0.287 e. The predicted octanol–water partition coefficient (Wildman–Crippen LogP) is 1.60. The molecule has 104 valence electrons. The molecule has 5 nitrogen and oxygen atoms in total. The second-order valence-electron chi connectivity index (χ2n) is 5.65. The molecular weight excluding hydrogens is 266 g/mol. The molecule has 2 aliphatic carbocycles. The van der Waals surface area contributed by atoms with Gasteiger partial charge >= 0.3 is 0 Å². The normalized spacial score (nSPS) is 29.6. The molecule has 1 aromatic heterocycles. The number of carbonyl (C=O) groups excluding carboxylic acids is 1. The highest BCUT2D eigenvalue weighted by Gasteiger charge is 2.40. The first-order valence-electron chi connectivity index (χ1n) is 6.54. The molecule has 3 atom stereocenters. The van der Waals surface area contributed by atoms with E-state index in [1.54, 1.807) is 0 Å². The van der Waals surface area contributed by atoms with Crippen LogP contribution in [-0.4, -0.2) is 26.6 Å². The van der Waals surface area contributed by atoms with Crippen LogP contribution in [0, 0.1) is 11.8 Å². The number of fused-ring (bicyclic) bond motifs is 2. The molecule has 0 radical (unpaired) electrons. The summed E-state index contributed by atoms with van der Waals surface area (Å²) < 4.78 is 27.7. The molecule has 3 unspecified atom stereocenters. The highest BCUT2D eigenvalue weighted by atomic mass is 32.2. The molecule has 0 spiro atoms. The maximum atomic E-state index is 12.0. The van der Waals surface area contributed by atoms with E-state index in [1.807, 2.05) is 0 Å². The molecule has 6 heteroatoms. The zero-order valence-corrected chi connectivity index (χ0v) is 11.6. The summed E-state index contributed by atoms with van der Waals surface area (Å²) >= 11 is 0. The minimum absolute atomic E-state index is 0.0724. The van der Waals surface area contributed by atoms with Crippen LogP contribution in [0.15, 0.2) is 21.6 Å². The minimum Gasteiger partial charge on any atom is -0.440 e. The third kappa shape index (κ3) is 2.41. The van der Waals surface area contributed by atoms with Crippen molar-refractivity contribution in [1.29, 1.82) is 0 Å². The van der Waals surface area contributed by atoms with Crippen LogP contribution in [0.1, 0.15) is 36.2 Å². The van der Waals surface area contributed by atoms with Crippen molar-refractivity contribution in [2.24, 2.45) is 11.8 Å². The molecule has 1 heterocycles. The fourth-order valence-corrected chi connectivity index (χ4v) is 3.86. The summed E-state index contributed by atoms with van der Waals surface area (Å²) in [6.45, 7) is 0. The Balaban J connectivity index is 1.69. The molecular formula is C13H17NO4S. The van der Waals surface area contributed by atoms with Crippen molar-refractivity contribution in [2.75, 3.05) is 6.26 Å². The molecule has 19 heavy (non-hydrogen) atoms. The van der Waals surface area contributed by atoms with E-state index in [2.05, 4.69) is 5.32 Å². The van der Waals surface area contributed by atoms with Gasteiger partial charge in [-0.1, -0.05) is 6.42 Å². The molecule has 0 saturated heterocycles. The number of furan rings is 1. The van der Waals surface area contributed by atoms with Crippen LogP contribution in [0.4, 0.5) is 0 Å². The van der Waals surface area contributed by atoms with Gasteiger partial charge in [-0.2, -0.15) is 0 Å². The van der Waals surface area contributed by atoms with Crippen LogP contribution in [-0.2, 0) is 9.84 Å². The number of carbonyl (C=O) groups is 1. The van der Waals surface area contributed by atoms with Crippen molar-refractivity contribution in [3.8, 4) is 0 Å². The Morgan fingerprint density at radius 1 is 1.32 bits per heavy atom. The van der Waals surface area contributed by atoms with E-state index in [9.17, 15) is 13.2 Å². The number of nitrogens with one attached hydrogen (secondary N) is 1. The van der Waals surface area contributed by atoms with Crippen LogP contribution in [0.5, 0.6) is 0 Å². The molecule has 1 N–H and O–H groups in total. The van der Waals surface area contributed by atoms with E-state index in [1.165, 1.54) is 31.4 Å². The van der Waals surface area contributed by atoms with Gasteiger partial charge in [0.1, 0.15) is 0 Å². The zero-order chi connectivity index (χ0) is 13.6. The lowest BCUT2D eigenvalue weighted by Gasteiger charge is -2.22. The number of hydrogen-bond donors (Lipinski definition) is 1. The SMILES string of the molecule is CS(=O)(=O)c1ccc(C(=O)NC2CC3CCC2C3)o1. The summed E-state index contributed by atoms with van der Waals surface area (Å²) in [6.07, 6.45) is 5.76. The van der Waals surface area contributed by atoms with Crippen molar-refractivity contribution < 1.29 is 17.6 Å². The Kier molecular flexibility index (Phi) is 2.92. The van der Waals surface area contributed by atoms with E-state index >= 15 is 0 Å². The standard InChI is InChI=1S/C13H17NO4S/c1-19(16,17)12-5-4-11(18-12)13(15)14-10-7-8-2-3-9(10)6-8/h4-5,8-10H,2-3,6-7H2,1H3,(H,14,15). The molecule has 2 saturated carbocycles. The first kappa shape index (κ1) is 12.7. The summed E-state index contributed by atoms with van der Waals surface area (Å²) in [4.78, 5) is 12.0. The van der Waals surface area contributed by atoms with E-state index < -0.39 is 9.84 Å². The van der Waals surface area contributed by atoms with Crippen LogP contribution >= 0.6 is 0 Å². The van der Waals surface area contributed by atoms with Gasteiger partial charge in [0.05, 0.1) is 0 Å². The molecule has 3 rings (SSSR count). The summed E-state index contributed by atoms with van der Waals surface area (Å²) in [5, 5.41) is 2.80. The monoisotopic (exact) mass is 283 g/mol. The van der Waals surface area contributed by atoms with Crippen LogP contribution in [0.2, 0.25) is 0 Å². The second-order valence-corrected chi connectivity index (χ2v) is 7.59. The Hall–Kier alpha value is -1.30. The van der Waals surface area contributed by atoms with Crippen LogP contribution in [0.3, 0.4) is 0 Å². The van der Waals surface area contributed by atoms with Gasteiger partial charge in [0.2, 0.25) is 14.9 Å². The van der Waals surface area contributed by atoms with Gasteiger partial charge in [-0.15, -0.1) is 0 Å². The quantitative estimate of drug-likeness (QED) is 0.914. The highest BCUT2D eigenvalue weighted by molar-refractivity contribution is 7.90. The largest absolute Gasteiger partial charge is 0.440 e. The lowest BCUT2D eigenvalue weighted by atomic mass is 9.95. The third-order valence-corrected chi connectivity index (χ3v) is 5.18. The van der Waals surface area contributed by atoms with Gasteiger partial charge in [-0.25, -0.2) is 8.42 Å². The van der Waals surface area contributed by atoms with Gasteiger partial charge in [0.15, 0.2) is 5.76 Å². The van der Waals surface area contributed by atoms with Crippen molar-refractivity contribution in [1.82, 2.24) is 5.32 Å². The Morgan fingerprint density at radius 3 is 2.63 bits per heavy atom. The predicted molar refractivity (Wildman–Crippen MR) is 68.5 cm³/mol. The van der Waals surface area contributed by atoms with Crippen molar-refractivity contribution in [2.45, 2.75) is 36.8 Å². The van der Waals surface area contributed by atoms with Gasteiger partial charge in [0.25, 0.3) is 5.91 Å². The summed E-state index contributed by atoms with van der Waals surface area (Å²) in [7, 11) is -3.40. The maximum absolute atomic E-state index is 12.0. The first-order chi connectivity index (χ1) is 8.93. The first-order valence-corrected chi connectivity index (χ1v) is 8.43. The van der Waals surface area contributed by atoms with Gasteiger partial charge in [-0.05, 0) is 43.2 Å². The topological polar surface area (TPSA) is 76.4 Å². The molecule has 0 aromatic carbocycles. The summed E-state index contributed by atoms with van der Waals surface area (Å²) in [5.41, 5.74) is 0. The number of rotatable bonds is 3. The smallest absolute Gasteiger partial charge is 0.287 e. The van der Waals surface area contributed by atoms with Crippen molar-refractivity contribution in [3.63, 3.8) is 0 Å². The lowest BCUT2D eigenvalue weighted by Crippen LogP contribution is -2.38. The average molecular weight is 283 g/mol. The molecule has 2 bridgehead atoms. The number of hydrogen-bond acceptors (Lipinski definition) is 4. The van der Waals surface area contributed by atoms with Crippen LogP contribution < -0.4 is 5.32 Å². The minimum atomic E-state index is -3.40. The third-order valence-electron chi connectivity index (χ3n) is 4.23. The fraction of sp³-hybridized carbons (Fsp3) is 0.615. The molecule has 2 fully saturated rings. The molecule has 1 aromatic rings. The summed E-state index contributed by atoms with van der Waals surface area (Å²) in [5.74, 6) is 1.09.